The second-order valence-corrected chi connectivity index (χ2v) is 7.03. The molecular formula is C18H19FN4OS. The maximum atomic E-state index is 13.0. The predicted molar refractivity (Wildman–Crippen MR) is 95.3 cm³/mol. The van der Waals surface area contributed by atoms with Gasteiger partial charge < -0.3 is 5.32 Å². The molecule has 1 aromatic carbocycles. The van der Waals surface area contributed by atoms with E-state index in [0.717, 1.165) is 16.4 Å². The highest BCUT2D eigenvalue weighted by molar-refractivity contribution is 7.12. The van der Waals surface area contributed by atoms with Gasteiger partial charge in [0, 0.05) is 24.3 Å². The van der Waals surface area contributed by atoms with Crippen LogP contribution >= 0.6 is 11.3 Å². The average molecular weight is 358 g/mol. The fourth-order valence-corrected chi connectivity index (χ4v) is 3.01. The molecule has 3 rings (SSSR count). The molecule has 0 radical (unpaired) electrons. The van der Waals surface area contributed by atoms with Crippen LogP contribution in [-0.4, -0.2) is 20.7 Å². The maximum Gasteiger partial charge on any atom is 0.255 e. The van der Waals surface area contributed by atoms with Crippen molar-refractivity contribution in [3.8, 4) is 5.13 Å². The molecule has 7 heteroatoms. The van der Waals surface area contributed by atoms with E-state index in [2.05, 4.69) is 29.2 Å². The highest BCUT2D eigenvalue weighted by Gasteiger charge is 2.18. The average Bonchev–Trinajstić information content (AvgIpc) is 3.23. The third-order valence-electron chi connectivity index (χ3n) is 3.62. The van der Waals surface area contributed by atoms with E-state index >= 15 is 0 Å². The number of hydrogen-bond donors (Lipinski definition) is 1. The monoisotopic (exact) mass is 358 g/mol. The lowest BCUT2D eigenvalue weighted by molar-refractivity contribution is 0.0950. The Bertz CT molecular complexity index is 841. The molecule has 0 saturated heterocycles. The molecule has 1 amide bonds. The highest BCUT2D eigenvalue weighted by Crippen LogP contribution is 2.17. The summed E-state index contributed by atoms with van der Waals surface area (Å²) in [6.07, 6.45) is 4.13. The van der Waals surface area contributed by atoms with E-state index < -0.39 is 0 Å². The summed E-state index contributed by atoms with van der Waals surface area (Å²) in [5, 5.41) is 10.0. The van der Waals surface area contributed by atoms with E-state index in [1.165, 1.54) is 23.5 Å². The lowest BCUT2D eigenvalue weighted by Crippen LogP contribution is -2.23. The molecule has 0 saturated carbocycles. The van der Waals surface area contributed by atoms with Crippen LogP contribution in [-0.2, 0) is 13.0 Å². The van der Waals surface area contributed by atoms with E-state index in [0.29, 0.717) is 24.4 Å². The molecule has 0 bridgehead atoms. The van der Waals surface area contributed by atoms with Crippen molar-refractivity contribution in [3.05, 3.63) is 64.7 Å². The fraction of sp³-hybridized carbons (Fsp3) is 0.278. The van der Waals surface area contributed by atoms with Gasteiger partial charge in [0.05, 0.1) is 11.3 Å². The molecule has 2 heterocycles. The summed E-state index contributed by atoms with van der Waals surface area (Å²) in [5.74, 6) is -0.106. The van der Waals surface area contributed by atoms with Crippen LogP contribution in [0.25, 0.3) is 5.13 Å². The van der Waals surface area contributed by atoms with Crippen molar-refractivity contribution in [2.75, 3.05) is 0 Å². The molecule has 3 aromatic rings. The number of carbonyl (C=O) groups excluding carboxylic acids is 1. The van der Waals surface area contributed by atoms with Crippen molar-refractivity contribution < 1.29 is 9.18 Å². The summed E-state index contributed by atoms with van der Waals surface area (Å²) >= 11 is 1.46. The zero-order valence-corrected chi connectivity index (χ0v) is 14.9. The van der Waals surface area contributed by atoms with Crippen molar-refractivity contribution in [2.45, 2.75) is 26.8 Å². The molecule has 0 aliphatic carbocycles. The Kier molecular flexibility index (Phi) is 5.23. The minimum Gasteiger partial charge on any atom is -0.348 e. The highest BCUT2D eigenvalue weighted by atomic mass is 32.1. The minimum absolute atomic E-state index is 0.192. The number of rotatable bonds is 6. The Hall–Kier alpha value is -2.54. The van der Waals surface area contributed by atoms with E-state index in [1.807, 2.05) is 5.38 Å². The van der Waals surface area contributed by atoms with Gasteiger partial charge in [-0.25, -0.2) is 14.1 Å². The Balaban J connectivity index is 1.78. The quantitative estimate of drug-likeness (QED) is 0.732. The molecule has 25 heavy (non-hydrogen) atoms. The summed E-state index contributed by atoms with van der Waals surface area (Å²) in [7, 11) is 0. The van der Waals surface area contributed by atoms with Gasteiger partial charge in [-0.05, 0) is 30.0 Å². The van der Waals surface area contributed by atoms with Crippen LogP contribution < -0.4 is 5.32 Å². The smallest absolute Gasteiger partial charge is 0.255 e. The van der Waals surface area contributed by atoms with Gasteiger partial charge in [-0.1, -0.05) is 26.0 Å². The molecule has 0 atom stereocenters. The Morgan fingerprint density at radius 2 is 2.08 bits per heavy atom. The van der Waals surface area contributed by atoms with Gasteiger partial charge in [-0.3, -0.25) is 4.79 Å². The Morgan fingerprint density at radius 1 is 1.32 bits per heavy atom. The minimum atomic E-state index is -0.293. The van der Waals surface area contributed by atoms with E-state index in [9.17, 15) is 9.18 Å². The van der Waals surface area contributed by atoms with Crippen LogP contribution in [0.2, 0.25) is 0 Å². The summed E-state index contributed by atoms with van der Waals surface area (Å²) in [4.78, 5) is 16.8. The van der Waals surface area contributed by atoms with Crippen molar-refractivity contribution in [1.82, 2.24) is 20.1 Å². The fourth-order valence-electron chi connectivity index (χ4n) is 2.44. The second-order valence-electron chi connectivity index (χ2n) is 6.16. The van der Waals surface area contributed by atoms with Crippen LogP contribution in [0.1, 0.15) is 35.5 Å². The predicted octanol–water partition coefficient (Wildman–Crippen LogP) is 3.60. The standard InChI is InChI=1S/C18H19FN4OS/c1-12(2)9-16-15(11-23(22-16)18-20-7-8-25-18)17(24)21-10-13-3-5-14(19)6-4-13/h3-8,11-12H,9-10H2,1-2H3,(H,21,24). The first-order valence-electron chi connectivity index (χ1n) is 8.04. The number of carbonyl (C=O) groups is 1. The first-order valence-corrected chi connectivity index (χ1v) is 8.92. The van der Waals surface area contributed by atoms with Crippen LogP contribution in [0.4, 0.5) is 4.39 Å². The molecule has 130 valence electrons. The number of halogens is 1. The molecule has 0 aliphatic rings. The maximum absolute atomic E-state index is 13.0. The van der Waals surface area contributed by atoms with Gasteiger partial charge in [0.15, 0.2) is 0 Å². The lowest BCUT2D eigenvalue weighted by Gasteiger charge is -2.07. The summed E-state index contributed by atoms with van der Waals surface area (Å²) in [5.41, 5.74) is 2.14. The third-order valence-corrected chi connectivity index (χ3v) is 4.38. The van der Waals surface area contributed by atoms with Crippen molar-refractivity contribution in [3.63, 3.8) is 0 Å². The largest absolute Gasteiger partial charge is 0.348 e. The van der Waals surface area contributed by atoms with Crippen molar-refractivity contribution in [1.29, 1.82) is 0 Å². The number of nitrogens with zero attached hydrogens (tertiary/aromatic N) is 3. The van der Waals surface area contributed by atoms with E-state index in [-0.39, 0.29) is 11.7 Å². The summed E-state index contributed by atoms with van der Waals surface area (Å²) in [6, 6.07) is 6.08. The van der Waals surface area contributed by atoms with Gasteiger partial charge in [-0.15, -0.1) is 11.3 Å². The number of amides is 1. The van der Waals surface area contributed by atoms with Crippen molar-refractivity contribution in [2.24, 2.45) is 5.92 Å². The number of thiazole rings is 1. The summed E-state index contributed by atoms with van der Waals surface area (Å²) in [6.45, 7) is 4.51. The zero-order chi connectivity index (χ0) is 17.8. The SMILES string of the molecule is CC(C)Cc1nn(-c2nccs2)cc1C(=O)NCc1ccc(F)cc1. The lowest BCUT2D eigenvalue weighted by atomic mass is 10.0. The molecular weight excluding hydrogens is 339 g/mol. The Labute approximate surface area is 149 Å². The first kappa shape index (κ1) is 17.3. The topological polar surface area (TPSA) is 59.8 Å². The van der Waals surface area contributed by atoms with E-state index in [4.69, 9.17) is 0 Å². The van der Waals surface area contributed by atoms with Crippen LogP contribution in [0.3, 0.4) is 0 Å². The normalized spacial score (nSPS) is 11.0. The van der Waals surface area contributed by atoms with Crippen LogP contribution in [0.15, 0.2) is 42.0 Å². The number of nitrogens with one attached hydrogen (secondary N) is 1. The Morgan fingerprint density at radius 3 is 2.72 bits per heavy atom. The number of hydrogen-bond acceptors (Lipinski definition) is 4. The van der Waals surface area contributed by atoms with Gasteiger partial charge in [0.2, 0.25) is 5.13 Å². The molecule has 0 aliphatic heterocycles. The molecule has 0 unspecified atom stereocenters. The molecule has 5 nitrogen and oxygen atoms in total. The molecule has 0 spiro atoms. The van der Waals surface area contributed by atoms with Gasteiger partial charge in [0.25, 0.3) is 5.91 Å². The van der Waals surface area contributed by atoms with E-state index in [1.54, 1.807) is 29.2 Å². The van der Waals surface area contributed by atoms with Crippen LogP contribution in [0, 0.1) is 11.7 Å². The molecule has 0 fully saturated rings. The van der Waals surface area contributed by atoms with Crippen LogP contribution in [0.5, 0.6) is 0 Å². The van der Waals surface area contributed by atoms with Gasteiger partial charge >= 0.3 is 0 Å². The first-order chi connectivity index (χ1) is 12.0. The third kappa shape index (κ3) is 4.30. The summed E-state index contributed by atoms with van der Waals surface area (Å²) < 4.78 is 14.6. The molecule has 2 aromatic heterocycles. The van der Waals surface area contributed by atoms with Gasteiger partial charge in [-0.2, -0.15) is 5.10 Å². The second kappa shape index (κ2) is 7.57. The molecule has 1 N–H and O–H groups in total. The number of aromatic nitrogens is 3. The van der Waals surface area contributed by atoms with Gasteiger partial charge in [0.1, 0.15) is 5.82 Å². The van der Waals surface area contributed by atoms with Crippen molar-refractivity contribution >= 4 is 17.2 Å². The zero-order valence-electron chi connectivity index (χ0n) is 14.1. The number of benzene rings is 1.